The second-order valence-electron chi connectivity index (χ2n) is 5.31. The van der Waals surface area contributed by atoms with Gasteiger partial charge in [-0.15, -0.1) is 0 Å². The number of rotatable bonds is 3. The summed E-state index contributed by atoms with van der Waals surface area (Å²) >= 11 is 0. The lowest BCUT2D eigenvalue weighted by molar-refractivity contribution is -0.129. The van der Waals surface area contributed by atoms with Crippen LogP contribution < -0.4 is 0 Å². The average Bonchev–Trinajstić information content (AvgIpc) is 2.35. The number of carbonyl (C=O) groups excluding carboxylic acids is 2. The van der Waals surface area contributed by atoms with E-state index in [2.05, 4.69) is 6.92 Å². The Morgan fingerprint density at radius 3 is 2.94 bits per heavy atom. The van der Waals surface area contributed by atoms with Gasteiger partial charge < -0.3 is 0 Å². The molecule has 0 aromatic heterocycles. The highest BCUT2D eigenvalue weighted by Gasteiger charge is 2.28. The van der Waals surface area contributed by atoms with Crippen LogP contribution in [0.5, 0.6) is 0 Å². The molecule has 0 saturated heterocycles. The van der Waals surface area contributed by atoms with Gasteiger partial charge in [-0.2, -0.15) is 0 Å². The van der Waals surface area contributed by atoms with E-state index in [0.717, 1.165) is 31.3 Å². The molecule has 0 heterocycles. The van der Waals surface area contributed by atoms with Crippen LogP contribution in [0.15, 0.2) is 23.8 Å². The van der Waals surface area contributed by atoms with E-state index in [1.54, 1.807) is 0 Å². The first-order valence-electron chi connectivity index (χ1n) is 6.59. The van der Waals surface area contributed by atoms with Crippen LogP contribution in [-0.2, 0) is 9.59 Å². The van der Waals surface area contributed by atoms with Crippen molar-refractivity contribution in [2.75, 3.05) is 0 Å². The van der Waals surface area contributed by atoms with Gasteiger partial charge in [0.2, 0.25) is 0 Å². The van der Waals surface area contributed by atoms with Gasteiger partial charge in [-0.1, -0.05) is 25.2 Å². The summed E-state index contributed by atoms with van der Waals surface area (Å²) in [6.45, 7) is 2.17. The van der Waals surface area contributed by atoms with Crippen molar-refractivity contribution in [3.05, 3.63) is 23.8 Å². The van der Waals surface area contributed by atoms with Crippen LogP contribution in [0, 0.1) is 11.8 Å². The Balaban J connectivity index is 1.95. The molecule has 0 N–H and O–H groups in total. The fourth-order valence-electron chi connectivity index (χ4n) is 2.69. The fourth-order valence-corrected chi connectivity index (χ4v) is 2.69. The van der Waals surface area contributed by atoms with Crippen LogP contribution in [0.25, 0.3) is 0 Å². The van der Waals surface area contributed by atoms with Gasteiger partial charge in [0.1, 0.15) is 5.78 Å². The molecule has 0 bridgehead atoms. The third-order valence-corrected chi connectivity index (χ3v) is 3.77. The number of hydrogen-bond donors (Lipinski definition) is 0. The standard InChI is InChI=1S/C15H20O2/c1-11-7-8-14(16)13(9-11)10-15(17)12-5-3-2-4-6-12/h3,5-6,11,13H,2,4,7-10H2,1H3. The molecule has 2 rings (SSSR count). The predicted molar refractivity (Wildman–Crippen MR) is 67.6 cm³/mol. The third kappa shape index (κ3) is 3.15. The molecule has 1 saturated carbocycles. The van der Waals surface area contributed by atoms with Crippen molar-refractivity contribution >= 4 is 11.6 Å². The Labute approximate surface area is 103 Å². The number of hydrogen-bond acceptors (Lipinski definition) is 2. The smallest absolute Gasteiger partial charge is 0.163 e. The van der Waals surface area contributed by atoms with Gasteiger partial charge >= 0.3 is 0 Å². The molecule has 17 heavy (non-hydrogen) atoms. The Morgan fingerprint density at radius 2 is 2.24 bits per heavy atom. The van der Waals surface area contributed by atoms with Crippen molar-refractivity contribution in [2.45, 2.75) is 45.4 Å². The zero-order valence-corrected chi connectivity index (χ0v) is 10.4. The van der Waals surface area contributed by atoms with Crippen LogP contribution in [-0.4, -0.2) is 11.6 Å². The van der Waals surface area contributed by atoms with Crippen molar-refractivity contribution < 1.29 is 9.59 Å². The highest BCUT2D eigenvalue weighted by Crippen LogP contribution is 2.29. The van der Waals surface area contributed by atoms with Gasteiger partial charge in [-0.05, 0) is 31.6 Å². The summed E-state index contributed by atoms with van der Waals surface area (Å²) in [5.74, 6) is 0.995. The van der Waals surface area contributed by atoms with Crippen LogP contribution in [0.1, 0.15) is 45.4 Å². The Kier molecular flexibility index (Phi) is 3.93. The van der Waals surface area contributed by atoms with Gasteiger partial charge in [-0.3, -0.25) is 9.59 Å². The van der Waals surface area contributed by atoms with Crippen LogP contribution >= 0.6 is 0 Å². The van der Waals surface area contributed by atoms with Crippen molar-refractivity contribution in [1.82, 2.24) is 0 Å². The fraction of sp³-hybridized carbons (Fsp3) is 0.600. The molecular weight excluding hydrogens is 212 g/mol. The van der Waals surface area contributed by atoms with Gasteiger partial charge in [0, 0.05) is 24.3 Å². The van der Waals surface area contributed by atoms with Gasteiger partial charge in [0.15, 0.2) is 5.78 Å². The van der Waals surface area contributed by atoms with Crippen molar-refractivity contribution in [3.8, 4) is 0 Å². The van der Waals surface area contributed by atoms with Crippen molar-refractivity contribution in [2.24, 2.45) is 11.8 Å². The largest absolute Gasteiger partial charge is 0.299 e. The predicted octanol–water partition coefficient (Wildman–Crippen LogP) is 3.23. The first-order chi connectivity index (χ1) is 8.16. The zero-order valence-electron chi connectivity index (χ0n) is 10.4. The lowest BCUT2D eigenvalue weighted by atomic mass is 9.78. The summed E-state index contributed by atoms with van der Waals surface area (Å²) in [6.07, 6.45) is 10.9. The summed E-state index contributed by atoms with van der Waals surface area (Å²) in [5, 5.41) is 0. The minimum Gasteiger partial charge on any atom is -0.299 e. The topological polar surface area (TPSA) is 34.1 Å². The molecule has 2 heteroatoms. The Bertz CT molecular complexity index is 376. The lowest BCUT2D eigenvalue weighted by Crippen LogP contribution is -2.26. The van der Waals surface area contributed by atoms with E-state index in [0.29, 0.717) is 18.8 Å². The average molecular weight is 232 g/mol. The Hall–Kier alpha value is -1.18. The van der Waals surface area contributed by atoms with Crippen LogP contribution in [0.3, 0.4) is 0 Å². The molecule has 0 amide bonds. The van der Waals surface area contributed by atoms with E-state index in [1.807, 2.05) is 18.2 Å². The molecule has 1 fully saturated rings. The van der Waals surface area contributed by atoms with Gasteiger partial charge in [-0.25, -0.2) is 0 Å². The van der Waals surface area contributed by atoms with Gasteiger partial charge in [0.25, 0.3) is 0 Å². The minimum absolute atomic E-state index is 0.0255. The third-order valence-electron chi connectivity index (χ3n) is 3.77. The van der Waals surface area contributed by atoms with E-state index in [1.165, 1.54) is 0 Å². The monoisotopic (exact) mass is 232 g/mol. The molecule has 0 spiro atoms. The van der Waals surface area contributed by atoms with Crippen molar-refractivity contribution in [3.63, 3.8) is 0 Å². The number of Topliss-reactive ketones (excluding diaryl/α,β-unsaturated/α-hetero) is 2. The van der Waals surface area contributed by atoms with E-state index < -0.39 is 0 Å². The van der Waals surface area contributed by atoms with E-state index in [-0.39, 0.29) is 17.5 Å². The summed E-state index contributed by atoms with van der Waals surface area (Å²) < 4.78 is 0. The summed E-state index contributed by atoms with van der Waals surface area (Å²) in [4.78, 5) is 23.8. The van der Waals surface area contributed by atoms with E-state index in [9.17, 15) is 9.59 Å². The summed E-state index contributed by atoms with van der Waals surface area (Å²) in [7, 11) is 0. The number of ketones is 2. The molecule has 0 aromatic carbocycles. The molecule has 2 aliphatic carbocycles. The van der Waals surface area contributed by atoms with E-state index >= 15 is 0 Å². The molecule has 2 nitrogen and oxygen atoms in total. The highest BCUT2D eigenvalue weighted by atomic mass is 16.1. The maximum Gasteiger partial charge on any atom is 0.163 e. The summed E-state index contributed by atoms with van der Waals surface area (Å²) in [5.41, 5.74) is 0.808. The normalized spacial score (nSPS) is 29.0. The van der Waals surface area contributed by atoms with E-state index in [4.69, 9.17) is 0 Å². The molecule has 0 aromatic rings. The van der Waals surface area contributed by atoms with Crippen molar-refractivity contribution in [1.29, 1.82) is 0 Å². The molecular formula is C15H20O2. The zero-order chi connectivity index (χ0) is 12.3. The number of carbonyl (C=O) groups is 2. The molecule has 0 radical (unpaired) electrons. The summed E-state index contributed by atoms with van der Waals surface area (Å²) in [6, 6.07) is 0. The lowest BCUT2D eigenvalue weighted by Gasteiger charge is -2.25. The molecule has 2 atom stereocenters. The highest BCUT2D eigenvalue weighted by molar-refractivity contribution is 6.00. The second kappa shape index (κ2) is 5.44. The first kappa shape index (κ1) is 12.3. The Morgan fingerprint density at radius 1 is 1.41 bits per heavy atom. The quantitative estimate of drug-likeness (QED) is 0.748. The molecule has 92 valence electrons. The number of allylic oxidation sites excluding steroid dienone is 4. The van der Waals surface area contributed by atoms with Gasteiger partial charge in [0.05, 0.1) is 0 Å². The van der Waals surface area contributed by atoms with Crippen LogP contribution in [0.4, 0.5) is 0 Å². The minimum atomic E-state index is -0.0255. The SMILES string of the molecule is CC1CCC(=O)C(CC(=O)C2=CCCC=C2)C1. The molecule has 2 unspecified atom stereocenters. The maximum atomic E-state index is 12.0. The molecule has 2 aliphatic rings. The second-order valence-corrected chi connectivity index (χ2v) is 5.31. The first-order valence-corrected chi connectivity index (χ1v) is 6.59. The maximum absolute atomic E-state index is 12.0. The molecule has 0 aliphatic heterocycles. The van der Waals surface area contributed by atoms with Crippen LogP contribution in [0.2, 0.25) is 0 Å².